The summed E-state index contributed by atoms with van der Waals surface area (Å²) < 4.78 is 18.2. The monoisotopic (exact) mass is 346 g/mol. The van der Waals surface area contributed by atoms with Gasteiger partial charge < -0.3 is 18.8 Å². The molecule has 7 nitrogen and oxygen atoms in total. The average Bonchev–Trinajstić information content (AvgIpc) is 3.20. The molecule has 0 atom stereocenters. The first-order chi connectivity index (χ1) is 12.2. The lowest BCUT2D eigenvalue weighted by Crippen LogP contribution is -2.47. The second-order valence-electron chi connectivity index (χ2n) is 6.58. The van der Waals surface area contributed by atoms with Crippen LogP contribution in [0.4, 0.5) is 0 Å². The zero-order chi connectivity index (χ0) is 17.3. The molecule has 134 valence electrons. The lowest BCUT2D eigenvalue weighted by atomic mass is 10.0. The molecule has 2 aromatic rings. The maximum Gasteiger partial charge on any atom is 0.419 e. The molecule has 1 spiro atoms. The molecule has 0 bridgehead atoms. The van der Waals surface area contributed by atoms with Gasteiger partial charge in [0.25, 0.3) is 0 Å². The topological polar surface area (TPSA) is 73.9 Å². The molecule has 1 aromatic heterocycles. The van der Waals surface area contributed by atoms with Crippen molar-refractivity contribution in [3.05, 3.63) is 34.8 Å². The predicted octanol–water partition coefficient (Wildman–Crippen LogP) is 1.74. The normalized spacial score (nSPS) is 19.8. The Morgan fingerprint density at radius 3 is 2.60 bits per heavy atom. The number of nitrogens with zero attached hydrogens (tertiary/aromatic N) is 2. The number of aryl methyl sites for hydroxylation is 1. The summed E-state index contributed by atoms with van der Waals surface area (Å²) in [6.07, 6.45) is 2.48. The number of benzene rings is 1. The number of rotatable bonds is 4. The highest BCUT2D eigenvalue weighted by Crippen LogP contribution is 2.31. The van der Waals surface area contributed by atoms with Crippen LogP contribution < -0.4 is 5.76 Å². The van der Waals surface area contributed by atoms with Crippen LogP contribution in [0.5, 0.6) is 0 Å². The molecule has 2 fully saturated rings. The molecule has 0 unspecified atom stereocenters. The van der Waals surface area contributed by atoms with Crippen LogP contribution in [0.2, 0.25) is 0 Å². The van der Waals surface area contributed by atoms with Gasteiger partial charge in [-0.2, -0.15) is 0 Å². The van der Waals surface area contributed by atoms with Gasteiger partial charge in [-0.05, 0) is 18.6 Å². The SMILES string of the molecule is O=C(CCCn1c(=O)oc2ccccc21)N1CCC2(CC1)OCCO2. The van der Waals surface area contributed by atoms with E-state index in [1.165, 1.54) is 0 Å². The first-order valence-electron chi connectivity index (χ1n) is 8.81. The number of amides is 1. The maximum absolute atomic E-state index is 12.4. The number of aromatic nitrogens is 1. The van der Waals surface area contributed by atoms with Crippen molar-refractivity contribution >= 4 is 17.0 Å². The van der Waals surface area contributed by atoms with Gasteiger partial charge in [0, 0.05) is 38.9 Å². The Hall–Kier alpha value is -2.12. The number of para-hydroxylation sites is 2. The van der Waals surface area contributed by atoms with Crippen LogP contribution in [0.15, 0.2) is 33.5 Å². The molecule has 0 radical (unpaired) electrons. The zero-order valence-corrected chi connectivity index (χ0v) is 14.1. The van der Waals surface area contributed by atoms with E-state index in [4.69, 9.17) is 13.9 Å². The zero-order valence-electron chi connectivity index (χ0n) is 14.1. The van der Waals surface area contributed by atoms with Crippen LogP contribution >= 0.6 is 0 Å². The fourth-order valence-corrected chi connectivity index (χ4v) is 3.65. The molecule has 1 aromatic carbocycles. The number of likely N-dealkylation sites (tertiary alicyclic amines) is 1. The Labute approximate surface area is 145 Å². The maximum atomic E-state index is 12.4. The van der Waals surface area contributed by atoms with Crippen molar-refractivity contribution in [1.29, 1.82) is 0 Å². The Balaban J connectivity index is 1.30. The second kappa shape index (κ2) is 6.65. The van der Waals surface area contributed by atoms with Crippen LogP contribution in [0.3, 0.4) is 0 Å². The minimum Gasteiger partial charge on any atom is -0.408 e. The van der Waals surface area contributed by atoms with Crippen LogP contribution in [-0.2, 0) is 20.8 Å². The summed E-state index contributed by atoms with van der Waals surface area (Å²) in [5.41, 5.74) is 1.35. The summed E-state index contributed by atoms with van der Waals surface area (Å²) in [4.78, 5) is 26.2. The number of fused-ring (bicyclic) bond motifs is 1. The number of carbonyl (C=O) groups excluding carboxylic acids is 1. The largest absolute Gasteiger partial charge is 0.419 e. The number of hydrogen-bond acceptors (Lipinski definition) is 5. The third-order valence-corrected chi connectivity index (χ3v) is 5.04. The highest BCUT2D eigenvalue weighted by Gasteiger charge is 2.40. The van der Waals surface area contributed by atoms with E-state index in [9.17, 15) is 9.59 Å². The minimum absolute atomic E-state index is 0.119. The number of oxazole rings is 1. The molecular formula is C18H22N2O5. The average molecular weight is 346 g/mol. The molecule has 0 N–H and O–H groups in total. The Morgan fingerprint density at radius 1 is 1.12 bits per heavy atom. The third kappa shape index (κ3) is 3.21. The number of hydrogen-bond donors (Lipinski definition) is 0. The molecule has 1 amide bonds. The summed E-state index contributed by atoms with van der Waals surface area (Å²) in [6, 6.07) is 7.33. The molecule has 25 heavy (non-hydrogen) atoms. The molecular weight excluding hydrogens is 324 g/mol. The lowest BCUT2D eigenvalue weighted by Gasteiger charge is -2.37. The summed E-state index contributed by atoms with van der Waals surface area (Å²) in [7, 11) is 0. The first kappa shape index (κ1) is 16.4. The van der Waals surface area contributed by atoms with Gasteiger partial charge in [0.15, 0.2) is 11.4 Å². The molecule has 4 rings (SSSR count). The van der Waals surface area contributed by atoms with E-state index in [1.807, 2.05) is 23.1 Å². The number of carbonyl (C=O) groups is 1. The van der Waals surface area contributed by atoms with Gasteiger partial charge in [-0.15, -0.1) is 0 Å². The van der Waals surface area contributed by atoms with Gasteiger partial charge in [-0.1, -0.05) is 12.1 Å². The van der Waals surface area contributed by atoms with Gasteiger partial charge >= 0.3 is 5.76 Å². The van der Waals surface area contributed by atoms with E-state index >= 15 is 0 Å². The highest BCUT2D eigenvalue weighted by atomic mass is 16.7. The Morgan fingerprint density at radius 2 is 1.84 bits per heavy atom. The van der Waals surface area contributed by atoms with Crippen LogP contribution in [0, 0.1) is 0 Å². The van der Waals surface area contributed by atoms with E-state index in [-0.39, 0.29) is 11.7 Å². The van der Waals surface area contributed by atoms with Gasteiger partial charge in [0.2, 0.25) is 5.91 Å². The van der Waals surface area contributed by atoms with Gasteiger partial charge in [-0.25, -0.2) is 4.79 Å². The Kier molecular flexibility index (Phi) is 4.35. The van der Waals surface area contributed by atoms with Crippen LogP contribution in [0.1, 0.15) is 25.7 Å². The molecule has 0 aliphatic carbocycles. The summed E-state index contributed by atoms with van der Waals surface area (Å²) in [5.74, 6) is -0.711. The molecule has 0 saturated carbocycles. The fourth-order valence-electron chi connectivity index (χ4n) is 3.65. The quantitative estimate of drug-likeness (QED) is 0.843. The standard InChI is InChI=1S/C18H22N2O5/c21-16(19-10-7-18(8-11-19)23-12-13-24-18)6-3-9-20-14-4-1-2-5-15(14)25-17(20)22/h1-2,4-5H,3,6-13H2. The van der Waals surface area contributed by atoms with Gasteiger partial charge in [-0.3, -0.25) is 9.36 Å². The molecule has 2 aliphatic heterocycles. The van der Waals surface area contributed by atoms with Crippen LogP contribution in [0.25, 0.3) is 11.1 Å². The van der Waals surface area contributed by atoms with E-state index in [0.717, 1.165) is 18.4 Å². The summed E-state index contributed by atoms with van der Waals surface area (Å²) in [6.45, 7) is 3.08. The van der Waals surface area contributed by atoms with E-state index in [0.29, 0.717) is 51.3 Å². The van der Waals surface area contributed by atoms with Crippen molar-refractivity contribution in [2.45, 2.75) is 38.0 Å². The second-order valence-corrected chi connectivity index (χ2v) is 6.58. The summed E-state index contributed by atoms with van der Waals surface area (Å²) >= 11 is 0. The van der Waals surface area contributed by atoms with Crippen molar-refractivity contribution in [3.63, 3.8) is 0 Å². The number of ether oxygens (including phenoxy) is 2. The number of piperidine rings is 1. The van der Waals surface area contributed by atoms with Crippen molar-refractivity contribution in [2.24, 2.45) is 0 Å². The molecule has 2 saturated heterocycles. The van der Waals surface area contributed by atoms with Crippen molar-refractivity contribution in [2.75, 3.05) is 26.3 Å². The van der Waals surface area contributed by atoms with E-state index in [1.54, 1.807) is 10.6 Å². The van der Waals surface area contributed by atoms with Crippen molar-refractivity contribution in [1.82, 2.24) is 9.47 Å². The van der Waals surface area contributed by atoms with E-state index < -0.39 is 5.79 Å². The first-order valence-corrected chi connectivity index (χ1v) is 8.81. The van der Waals surface area contributed by atoms with Crippen molar-refractivity contribution in [3.8, 4) is 0 Å². The van der Waals surface area contributed by atoms with E-state index in [2.05, 4.69) is 0 Å². The predicted molar refractivity (Wildman–Crippen MR) is 90.2 cm³/mol. The third-order valence-electron chi connectivity index (χ3n) is 5.04. The molecule has 2 aliphatic rings. The summed E-state index contributed by atoms with van der Waals surface area (Å²) in [5, 5.41) is 0. The minimum atomic E-state index is -0.459. The van der Waals surface area contributed by atoms with Gasteiger partial charge in [0.05, 0.1) is 18.7 Å². The van der Waals surface area contributed by atoms with Crippen LogP contribution in [-0.4, -0.2) is 47.5 Å². The van der Waals surface area contributed by atoms with Crippen molar-refractivity contribution < 1.29 is 18.7 Å². The fraction of sp³-hybridized carbons (Fsp3) is 0.556. The molecule has 3 heterocycles. The Bertz CT molecular complexity index is 808. The van der Waals surface area contributed by atoms with Gasteiger partial charge in [0.1, 0.15) is 0 Å². The molecule has 7 heteroatoms. The smallest absolute Gasteiger partial charge is 0.408 e. The lowest BCUT2D eigenvalue weighted by molar-refractivity contribution is -0.187. The highest BCUT2D eigenvalue weighted by molar-refractivity contribution is 5.76.